The Morgan fingerprint density at radius 1 is 1.05 bits per heavy atom. The molecule has 3 nitrogen and oxygen atoms in total. The molecule has 0 heterocycles. The number of ether oxygens (including phenoxy) is 1. The lowest BCUT2D eigenvalue weighted by molar-refractivity contribution is -0.120. The first-order valence-electron chi connectivity index (χ1n) is 6.58. The fourth-order valence-corrected chi connectivity index (χ4v) is 1.97. The molecule has 2 aromatic carbocycles. The van der Waals surface area contributed by atoms with E-state index in [2.05, 4.69) is 10.1 Å². The second kappa shape index (κ2) is 7.75. The molecular formula is C16H14ClF2NO2. The van der Waals surface area contributed by atoms with Gasteiger partial charge in [0.15, 0.2) is 0 Å². The van der Waals surface area contributed by atoms with Gasteiger partial charge in [-0.1, -0.05) is 35.9 Å². The van der Waals surface area contributed by atoms with Crippen LogP contribution in [0, 0.1) is 0 Å². The first-order chi connectivity index (χ1) is 10.5. The third-order valence-corrected chi connectivity index (χ3v) is 3.17. The van der Waals surface area contributed by atoms with Crippen LogP contribution in [0.25, 0.3) is 0 Å². The number of benzene rings is 2. The summed E-state index contributed by atoms with van der Waals surface area (Å²) >= 11 is 5.78. The molecule has 116 valence electrons. The summed E-state index contributed by atoms with van der Waals surface area (Å²) < 4.78 is 28.3. The summed E-state index contributed by atoms with van der Waals surface area (Å²) in [5.74, 6) is -0.0403. The zero-order chi connectivity index (χ0) is 15.9. The zero-order valence-corrected chi connectivity index (χ0v) is 12.3. The summed E-state index contributed by atoms with van der Waals surface area (Å²) in [5, 5.41) is 3.38. The number of rotatable bonds is 6. The van der Waals surface area contributed by atoms with Crippen LogP contribution >= 0.6 is 11.6 Å². The van der Waals surface area contributed by atoms with Crippen LogP contribution in [0.1, 0.15) is 11.1 Å². The van der Waals surface area contributed by atoms with Crippen molar-refractivity contribution in [3.05, 3.63) is 64.7 Å². The minimum atomic E-state index is -2.84. The van der Waals surface area contributed by atoms with Gasteiger partial charge in [-0.05, 0) is 35.4 Å². The Morgan fingerprint density at radius 2 is 1.64 bits per heavy atom. The molecule has 0 radical (unpaired) electrons. The van der Waals surface area contributed by atoms with Crippen LogP contribution in [0.3, 0.4) is 0 Å². The second-order valence-corrected chi connectivity index (χ2v) is 5.04. The van der Waals surface area contributed by atoms with Gasteiger partial charge in [0.1, 0.15) is 5.75 Å². The molecule has 2 rings (SSSR count). The van der Waals surface area contributed by atoms with E-state index in [1.54, 1.807) is 36.4 Å². The van der Waals surface area contributed by atoms with E-state index in [1.165, 1.54) is 12.1 Å². The molecule has 6 heteroatoms. The monoisotopic (exact) mass is 325 g/mol. The minimum absolute atomic E-state index is 0.0891. The van der Waals surface area contributed by atoms with Gasteiger partial charge in [0, 0.05) is 11.6 Å². The van der Waals surface area contributed by atoms with Crippen LogP contribution in [-0.4, -0.2) is 12.5 Å². The predicted molar refractivity (Wildman–Crippen MR) is 80.1 cm³/mol. The van der Waals surface area contributed by atoms with E-state index in [4.69, 9.17) is 11.6 Å². The fourth-order valence-electron chi connectivity index (χ4n) is 1.84. The number of halogens is 3. The lowest BCUT2D eigenvalue weighted by Gasteiger charge is -2.07. The molecule has 0 bridgehead atoms. The molecule has 0 fully saturated rings. The summed E-state index contributed by atoms with van der Waals surface area (Å²) in [5.41, 5.74) is 1.66. The molecule has 0 aromatic heterocycles. The van der Waals surface area contributed by atoms with Crippen molar-refractivity contribution in [2.45, 2.75) is 19.6 Å². The summed E-state index contributed by atoms with van der Waals surface area (Å²) in [4.78, 5) is 11.8. The van der Waals surface area contributed by atoms with E-state index in [0.717, 1.165) is 11.1 Å². The largest absolute Gasteiger partial charge is 0.435 e. The highest BCUT2D eigenvalue weighted by Crippen LogP contribution is 2.15. The maximum absolute atomic E-state index is 12.0. The second-order valence-electron chi connectivity index (χ2n) is 4.60. The van der Waals surface area contributed by atoms with Crippen LogP contribution < -0.4 is 10.1 Å². The highest BCUT2D eigenvalue weighted by atomic mass is 35.5. The molecule has 0 aliphatic heterocycles. The van der Waals surface area contributed by atoms with Crippen LogP contribution in [0.4, 0.5) is 8.78 Å². The van der Waals surface area contributed by atoms with Crippen molar-refractivity contribution in [1.82, 2.24) is 5.32 Å². The molecule has 0 saturated carbocycles. The number of hydrogen-bond donors (Lipinski definition) is 1. The molecule has 0 unspecified atom stereocenters. The van der Waals surface area contributed by atoms with Crippen molar-refractivity contribution < 1.29 is 18.3 Å². The van der Waals surface area contributed by atoms with Crippen molar-refractivity contribution in [2.75, 3.05) is 0 Å². The van der Waals surface area contributed by atoms with Crippen LogP contribution in [-0.2, 0) is 17.8 Å². The van der Waals surface area contributed by atoms with Gasteiger partial charge in [0.25, 0.3) is 0 Å². The Balaban J connectivity index is 1.81. The van der Waals surface area contributed by atoms with Gasteiger partial charge < -0.3 is 10.1 Å². The van der Waals surface area contributed by atoms with Gasteiger partial charge in [0.05, 0.1) is 6.42 Å². The number of hydrogen-bond acceptors (Lipinski definition) is 2. The van der Waals surface area contributed by atoms with E-state index in [-0.39, 0.29) is 18.1 Å². The highest BCUT2D eigenvalue weighted by molar-refractivity contribution is 6.30. The Kier molecular flexibility index (Phi) is 5.72. The van der Waals surface area contributed by atoms with Gasteiger partial charge >= 0.3 is 6.61 Å². The van der Waals surface area contributed by atoms with Gasteiger partial charge in [-0.2, -0.15) is 8.78 Å². The summed E-state index contributed by atoms with van der Waals surface area (Å²) in [6.45, 7) is -2.52. The van der Waals surface area contributed by atoms with Crippen LogP contribution in [0.15, 0.2) is 48.5 Å². The Morgan fingerprint density at radius 3 is 2.23 bits per heavy atom. The maximum atomic E-state index is 12.0. The van der Waals surface area contributed by atoms with E-state index < -0.39 is 6.61 Å². The van der Waals surface area contributed by atoms with Crippen LogP contribution in [0.2, 0.25) is 5.02 Å². The average molecular weight is 326 g/mol. The van der Waals surface area contributed by atoms with Crippen molar-refractivity contribution in [2.24, 2.45) is 0 Å². The summed E-state index contributed by atoms with van der Waals surface area (Å²) in [6.07, 6.45) is 0.254. The lowest BCUT2D eigenvalue weighted by Crippen LogP contribution is -2.24. The number of carbonyl (C=O) groups is 1. The number of amides is 1. The SMILES string of the molecule is O=C(Cc1ccc(Cl)cc1)NCc1ccc(OC(F)F)cc1. The molecule has 1 N–H and O–H groups in total. The molecular weight excluding hydrogens is 312 g/mol. The van der Waals surface area contributed by atoms with E-state index in [1.807, 2.05) is 0 Å². The first kappa shape index (κ1) is 16.2. The van der Waals surface area contributed by atoms with Gasteiger partial charge in [-0.3, -0.25) is 4.79 Å². The molecule has 0 atom stereocenters. The van der Waals surface area contributed by atoms with Crippen molar-refractivity contribution >= 4 is 17.5 Å². The third-order valence-electron chi connectivity index (χ3n) is 2.92. The Hall–Kier alpha value is -2.14. The standard InChI is InChI=1S/C16H14ClF2NO2/c17-13-5-1-11(2-6-13)9-15(21)20-10-12-3-7-14(8-4-12)22-16(18)19/h1-8,16H,9-10H2,(H,20,21). The van der Waals surface area contributed by atoms with E-state index in [9.17, 15) is 13.6 Å². The molecule has 0 aliphatic carbocycles. The minimum Gasteiger partial charge on any atom is -0.435 e. The molecule has 22 heavy (non-hydrogen) atoms. The fraction of sp³-hybridized carbons (Fsp3) is 0.188. The number of alkyl halides is 2. The van der Waals surface area contributed by atoms with Gasteiger partial charge in [-0.25, -0.2) is 0 Å². The summed E-state index contributed by atoms with van der Waals surface area (Å²) in [7, 11) is 0. The average Bonchev–Trinajstić information content (AvgIpc) is 2.48. The molecule has 2 aromatic rings. The maximum Gasteiger partial charge on any atom is 0.387 e. The molecule has 0 spiro atoms. The van der Waals surface area contributed by atoms with Crippen molar-refractivity contribution in [3.63, 3.8) is 0 Å². The number of nitrogens with one attached hydrogen (secondary N) is 1. The number of carbonyl (C=O) groups excluding carboxylic acids is 1. The van der Waals surface area contributed by atoms with Gasteiger partial charge in [-0.15, -0.1) is 0 Å². The Labute approximate surface area is 131 Å². The quantitative estimate of drug-likeness (QED) is 0.877. The lowest BCUT2D eigenvalue weighted by atomic mass is 10.1. The smallest absolute Gasteiger partial charge is 0.387 e. The first-order valence-corrected chi connectivity index (χ1v) is 6.95. The van der Waals surface area contributed by atoms with E-state index in [0.29, 0.717) is 11.6 Å². The van der Waals surface area contributed by atoms with E-state index >= 15 is 0 Å². The van der Waals surface area contributed by atoms with Crippen molar-refractivity contribution in [3.8, 4) is 5.75 Å². The Bertz CT molecular complexity index is 615. The zero-order valence-electron chi connectivity index (χ0n) is 11.6. The molecule has 0 saturated heterocycles. The molecule has 0 aliphatic rings. The normalized spacial score (nSPS) is 10.5. The summed E-state index contributed by atoms with van der Waals surface area (Å²) in [6, 6.07) is 13.2. The molecule has 1 amide bonds. The van der Waals surface area contributed by atoms with Gasteiger partial charge in [0.2, 0.25) is 5.91 Å². The third kappa shape index (κ3) is 5.33. The topological polar surface area (TPSA) is 38.3 Å². The predicted octanol–water partition coefficient (Wildman–Crippen LogP) is 3.80. The highest BCUT2D eigenvalue weighted by Gasteiger charge is 2.05. The van der Waals surface area contributed by atoms with Crippen molar-refractivity contribution in [1.29, 1.82) is 0 Å². The van der Waals surface area contributed by atoms with Crippen LogP contribution in [0.5, 0.6) is 5.75 Å².